The van der Waals surface area contributed by atoms with Gasteiger partial charge in [-0.3, -0.25) is 18.8 Å². The predicted molar refractivity (Wildman–Crippen MR) is 339 cm³/mol. The maximum absolute atomic E-state index is 14.2. The zero-order chi connectivity index (χ0) is 58.8. The van der Waals surface area contributed by atoms with E-state index in [1.165, 1.54) is 12.4 Å². The van der Waals surface area contributed by atoms with E-state index in [1.54, 1.807) is 103 Å². The Hall–Kier alpha value is -10.8. The van der Waals surface area contributed by atoms with Gasteiger partial charge in [0.25, 0.3) is 20.0 Å². The van der Waals surface area contributed by atoms with E-state index >= 15 is 0 Å². The molecule has 0 radical (unpaired) electrons. The second kappa shape index (κ2) is 21.1. The van der Waals surface area contributed by atoms with Crippen LogP contribution in [0.15, 0.2) is 239 Å². The topological polar surface area (TPSA) is 200 Å². The second-order valence-corrected chi connectivity index (χ2v) is 24.5. The van der Waals surface area contributed by atoms with Gasteiger partial charge in [0, 0.05) is 53.1 Å². The average Bonchev–Trinajstić information content (AvgIpc) is 2.20. The lowest BCUT2D eigenvalue weighted by Gasteiger charge is -2.25. The van der Waals surface area contributed by atoms with Crippen LogP contribution in [-0.2, 0) is 20.0 Å². The molecule has 6 heterocycles. The number of azo groups is 1. The minimum Gasteiger partial charge on any atom is -0.508 e. The molecule has 0 saturated carbocycles. The number of hydrogen-bond donors (Lipinski definition) is 4. The third-order valence-corrected chi connectivity index (χ3v) is 18.6. The molecule has 4 N–H and O–H groups in total. The lowest BCUT2D eigenvalue weighted by Crippen LogP contribution is -2.35. The van der Waals surface area contributed by atoms with E-state index in [9.17, 15) is 27.0 Å². The van der Waals surface area contributed by atoms with E-state index < -0.39 is 20.0 Å². The normalized spacial score (nSPS) is 15.4. The molecule has 0 saturated heterocycles. The van der Waals surface area contributed by atoms with Crippen molar-refractivity contribution in [2.45, 2.75) is 21.9 Å². The van der Waals surface area contributed by atoms with Crippen LogP contribution in [0.3, 0.4) is 0 Å². The van der Waals surface area contributed by atoms with Gasteiger partial charge in [-0.05, 0) is 166 Å². The molecule has 422 valence electrons. The number of fused-ring (bicyclic) bond motifs is 7. The summed E-state index contributed by atoms with van der Waals surface area (Å²) in [6.07, 6.45) is 11.5. The Morgan fingerprint density at radius 1 is 0.500 bits per heavy atom. The van der Waals surface area contributed by atoms with Crippen LogP contribution < -0.4 is 40.6 Å². The van der Waals surface area contributed by atoms with Crippen LogP contribution in [0.4, 0.5) is 23.0 Å². The van der Waals surface area contributed by atoms with Crippen LogP contribution in [0.1, 0.15) is 34.3 Å². The van der Waals surface area contributed by atoms with E-state index in [4.69, 9.17) is 0 Å². The van der Waals surface area contributed by atoms with Gasteiger partial charge in [0.2, 0.25) is 0 Å². The van der Waals surface area contributed by atoms with Gasteiger partial charge in [-0.25, -0.2) is 26.8 Å². The molecule has 0 bridgehead atoms. The van der Waals surface area contributed by atoms with Crippen LogP contribution in [0.25, 0.3) is 68.0 Å². The summed E-state index contributed by atoms with van der Waals surface area (Å²) in [6, 6.07) is 62.0. The number of hydrogen-bond acceptors (Lipinski definition) is 12. The van der Waals surface area contributed by atoms with Crippen molar-refractivity contribution in [3.8, 4) is 22.6 Å². The zero-order valence-electron chi connectivity index (χ0n) is 46.2. The summed E-state index contributed by atoms with van der Waals surface area (Å²) in [7, 11) is -4.07. The number of rotatable bonds is 13. The Kier molecular flexibility index (Phi) is 13.1. The maximum Gasteiger partial charge on any atom is 0.263 e. The summed E-state index contributed by atoms with van der Waals surface area (Å²) < 4.78 is 64.5. The number of anilines is 2. The van der Waals surface area contributed by atoms with Crippen molar-refractivity contribution >= 4 is 99.9 Å². The van der Waals surface area contributed by atoms with Crippen molar-refractivity contribution in [1.29, 1.82) is 0 Å². The number of pyridine rings is 2. The first-order valence-electron chi connectivity index (χ1n) is 27.5. The summed E-state index contributed by atoms with van der Waals surface area (Å²) in [5.41, 5.74) is 8.09. The SMILES string of the molecule is CN1C(c2ccc(-c3cc(S(=O)(=O)Nc4ccccn4)ccc3/C=c3\c4n(c5ccc(O)cc35)N(C)C(c3ccc(S(=O)(=O)Nc5ccccn5)cc3)C=4)cc2)C=c2/c(=C\c3ccc(N=Nc4cccc5ccccc45)cc3)c3cc(O)ccc3n21. The molecule has 18 heteroatoms. The number of phenols is 2. The molecule has 0 spiro atoms. The Labute approximate surface area is 493 Å². The first kappa shape index (κ1) is 53.2. The molecular weight excluding hydrogens is 1120 g/mol. The largest absolute Gasteiger partial charge is 0.508 e. The summed E-state index contributed by atoms with van der Waals surface area (Å²) in [5.74, 6) is 0.628. The first-order valence-corrected chi connectivity index (χ1v) is 30.5. The minimum absolute atomic E-state index is 0.0286. The summed E-state index contributed by atoms with van der Waals surface area (Å²) in [4.78, 5) is 8.45. The number of phenolic OH excluding ortho intramolecular Hbond substituents is 2. The molecule has 2 aliphatic heterocycles. The fourth-order valence-corrected chi connectivity index (χ4v) is 13.7. The number of nitrogens with zero attached hydrogens (tertiary/aromatic N) is 8. The number of aromatic nitrogens is 4. The molecule has 86 heavy (non-hydrogen) atoms. The molecule has 0 fully saturated rings. The van der Waals surface area contributed by atoms with Crippen molar-refractivity contribution in [2.24, 2.45) is 10.2 Å². The predicted octanol–water partition coefficient (Wildman–Crippen LogP) is 10.5. The van der Waals surface area contributed by atoms with Crippen molar-refractivity contribution in [3.05, 3.63) is 262 Å². The fraction of sp³-hybridized carbons (Fsp3) is 0.0588. The maximum atomic E-state index is 14.2. The van der Waals surface area contributed by atoms with E-state index in [2.05, 4.69) is 91.5 Å². The average molecular weight is 1170 g/mol. The zero-order valence-corrected chi connectivity index (χ0v) is 47.8. The summed E-state index contributed by atoms with van der Waals surface area (Å²) in [6.45, 7) is 0. The fourth-order valence-electron chi connectivity index (χ4n) is 11.7. The first-order chi connectivity index (χ1) is 41.7. The van der Waals surface area contributed by atoms with Gasteiger partial charge in [-0.2, -0.15) is 5.11 Å². The Balaban J connectivity index is 0.835. The molecule has 4 aromatic heterocycles. The number of aromatic hydroxyl groups is 2. The van der Waals surface area contributed by atoms with Crippen molar-refractivity contribution in [1.82, 2.24) is 19.3 Å². The van der Waals surface area contributed by atoms with E-state index in [1.807, 2.05) is 99.0 Å². The number of nitrogens with one attached hydrogen (secondary N) is 2. The third kappa shape index (κ3) is 9.71. The molecular formula is C68H52N10O6S2. The van der Waals surface area contributed by atoms with Gasteiger partial charge < -0.3 is 20.2 Å². The van der Waals surface area contributed by atoms with Gasteiger partial charge in [0.1, 0.15) is 23.1 Å². The van der Waals surface area contributed by atoms with E-state index in [0.717, 1.165) is 81.7 Å². The highest BCUT2D eigenvalue weighted by atomic mass is 32.2. The molecule has 2 unspecified atom stereocenters. The van der Waals surface area contributed by atoms with E-state index in [-0.39, 0.29) is 45.0 Å². The standard InChI is InChI=1S/C68H52N10O6S2/c1-75-63(41-65-56(58-38-50(79)27-32-61(58)77(65)75)36-43-16-25-49(26-17-43)71-72-60-13-9-11-44-10-3-4-12-54(44)60)46-20-18-45(19-21-46)55-40-53(86(83,84)74-68-15-6-8-35-70-68)31-24-48(55)37-57-59-39-51(80)28-33-62(59)78-66(57)42-64(76(78)2)47-22-29-52(30-23-47)85(81,82)73-67-14-5-7-34-69-67/h3-42,63-64,79-80H,1-2H3,(H,69,73)(H,70,74)/b56-36-,57-37-,72-71?. The Morgan fingerprint density at radius 2 is 1.03 bits per heavy atom. The Bertz CT molecular complexity index is 5210. The van der Waals surface area contributed by atoms with Gasteiger partial charge in [-0.15, -0.1) is 5.11 Å². The number of sulfonamides is 2. The molecule has 2 aliphatic rings. The van der Waals surface area contributed by atoms with Crippen molar-refractivity contribution in [2.75, 3.05) is 33.6 Å². The highest BCUT2D eigenvalue weighted by Gasteiger charge is 2.29. The van der Waals surface area contributed by atoms with E-state index in [0.29, 0.717) is 16.8 Å². The monoisotopic (exact) mass is 1170 g/mol. The van der Waals surface area contributed by atoms with Crippen LogP contribution in [-0.4, -0.2) is 60.5 Å². The molecule has 12 aromatic rings. The molecule has 16 nitrogen and oxygen atoms in total. The second-order valence-electron chi connectivity index (χ2n) is 21.2. The lowest BCUT2D eigenvalue weighted by atomic mass is 9.96. The van der Waals surface area contributed by atoms with Gasteiger partial charge in [0.15, 0.2) is 0 Å². The highest BCUT2D eigenvalue weighted by Crippen LogP contribution is 2.35. The molecule has 14 rings (SSSR count). The number of benzene rings is 8. The van der Waals surface area contributed by atoms with Crippen LogP contribution in [0.5, 0.6) is 11.5 Å². The highest BCUT2D eigenvalue weighted by molar-refractivity contribution is 7.93. The quantitative estimate of drug-likeness (QED) is 0.0806. The van der Waals surface area contributed by atoms with Crippen molar-refractivity contribution < 1.29 is 27.0 Å². The van der Waals surface area contributed by atoms with Gasteiger partial charge >= 0.3 is 0 Å². The molecule has 2 atom stereocenters. The summed E-state index contributed by atoms with van der Waals surface area (Å²) in [5, 5.41) is 42.4. The molecule has 0 amide bonds. The lowest BCUT2D eigenvalue weighted by molar-refractivity contribution is 0.475. The van der Waals surface area contributed by atoms with Crippen molar-refractivity contribution in [3.63, 3.8) is 0 Å². The molecule has 8 aromatic carbocycles. The van der Waals surface area contributed by atoms with Crippen LogP contribution >= 0.6 is 0 Å². The minimum atomic E-state index is -4.13. The van der Waals surface area contributed by atoms with Gasteiger partial charge in [-0.1, -0.05) is 103 Å². The van der Waals surface area contributed by atoms with Crippen LogP contribution in [0, 0.1) is 0 Å². The third-order valence-electron chi connectivity index (χ3n) is 15.9. The molecule has 0 aliphatic carbocycles. The van der Waals surface area contributed by atoms with Gasteiger partial charge in [0.05, 0.1) is 55.0 Å². The smallest absolute Gasteiger partial charge is 0.263 e. The Morgan fingerprint density at radius 3 is 1.63 bits per heavy atom. The van der Waals surface area contributed by atoms with Crippen LogP contribution in [0.2, 0.25) is 0 Å². The summed E-state index contributed by atoms with van der Waals surface area (Å²) >= 11 is 0.